The lowest BCUT2D eigenvalue weighted by atomic mass is 9.99. The van der Waals surface area contributed by atoms with E-state index < -0.39 is 0 Å². The Kier molecular flexibility index (Phi) is 4.16. The molecular weight excluding hydrogens is 296 g/mol. The van der Waals surface area contributed by atoms with Gasteiger partial charge in [-0.15, -0.1) is 5.10 Å². The third-order valence-corrected chi connectivity index (χ3v) is 4.11. The van der Waals surface area contributed by atoms with Crippen LogP contribution < -0.4 is 0 Å². The van der Waals surface area contributed by atoms with Gasteiger partial charge >= 0.3 is 0 Å². The maximum Gasteiger partial charge on any atom is 0.274 e. The van der Waals surface area contributed by atoms with E-state index in [4.69, 9.17) is 4.74 Å². The molecule has 2 aromatic rings. The molecule has 0 saturated heterocycles. The number of carbonyl (C=O) groups is 1. The van der Waals surface area contributed by atoms with Crippen molar-refractivity contribution in [2.24, 2.45) is 7.05 Å². The van der Waals surface area contributed by atoms with Gasteiger partial charge in [0.2, 0.25) is 0 Å². The summed E-state index contributed by atoms with van der Waals surface area (Å²) in [6.07, 6.45) is 2.52. The van der Waals surface area contributed by atoms with Gasteiger partial charge in [-0.2, -0.15) is 5.10 Å². The van der Waals surface area contributed by atoms with E-state index in [1.54, 1.807) is 9.58 Å². The summed E-state index contributed by atoms with van der Waals surface area (Å²) in [4.78, 5) is 14.6. The molecule has 0 unspecified atom stereocenters. The lowest BCUT2D eigenvalue weighted by Crippen LogP contribution is -2.32. The van der Waals surface area contributed by atoms with Crippen LogP contribution in [0.3, 0.4) is 0 Å². The zero-order valence-electron chi connectivity index (χ0n) is 13.9. The zero-order valence-corrected chi connectivity index (χ0v) is 13.9. The van der Waals surface area contributed by atoms with Crippen LogP contribution in [0.15, 0.2) is 6.20 Å². The molecule has 0 bridgehead atoms. The lowest BCUT2D eigenvalue weighted by Gasteiger charge is -2.26. The van der Waals surface area contributed by atoms with E-state index in [9.17, 15) is 4.79 Å². The fraction of sp³-hybridized carbons (Fsp3) is 0.600. The van der Waals surface area contributed by atoms with E-state index in [1.165, 1.54) is 0 Å². The SMILES string of the molecule is CCN(Cc1cn(C)nn1)C(=O)c1n[nH]c2c1C[C@H](C)O[C@@H]2C. The van der Waals surface area contributed by atoms with Crippen molar-refractivity contribution in [2.45, 2.75) is 45.9 Å². The van der Waals surface area contributed by atoms with Gasteiger partial charge in [0.05, 0.1) is 24.4 Å². The molecule has 3 heterocycles. The zero-order chi connectivity index (χ0) is 16.6. The minimum Gasteiger partial charge on any atom is -0.369 e. The number of hydrogen-bond acceptors (Lipinski definition) is 5. The van der Waals surface area contributed by atoms with E-state index in [2.05, 4.69) is 20.5 Å². The number of nitrogens with one attached hydrogen (secondary N) is 1. The molecule has 0 aromatic carbocycles. The van der Waals surface area contributed by atoms with E-state index in [1.807, 2.05) is 34.0 Å². The number of H-pyrrole nitrogens is 1. The first-order valence-electron chi connectivity index (χ1n) is 7.86. The fourth-order valence-corrected chi connectivity index (χ4v) is 2.99. The van der Waals surface area contributed by atoms with Gasteiger partial charge < -0.3 is 9.64 Å². The molecule has 0 spiro atoms. The summed E-state index contributed by atoms with van der Waals surface area (Å²) in [6, 6.07) is 0. The first kappa shape index (κ1) is 15.7. The van der Waals surface area contributed by atoms with Gasteiger partial charge in [0.1, 0.15) is 5.69 Å². The molecule has 124 valence electrons. The second-order valence-corrected chi connectivity index (χ2v) is 5.96. The molecule has 0 fully saturated rings. The van der Waals surface area contributed by atoms with E-state index >= 15 is 0 Å². The van der Waals surface area contributed by atoms with Gasteiger partial charge in [-0.25, -0.2) is 0 Å². The molecule has 8 nitrogen and oxygen atoms in total. The highest BCUT2D eigenvalue weighted by molar-refractivity contribution is 5.94. The first-order chi connectivity index (χ1) is 11.0. The molecule has 1 aliphatic heterocycles. The van der Waals surface area contributed by atoms with Gasteiger partial charge in [-0.05, 0) is 20.8 Å². The normalized spacial score (nSPS) is 20.3. The van der Waals surface area contributed by atoms with E-state index in [-0.39, 0.29) is 18.1 Å². The van der Waals surface area contributed by atoms with Crippen molar-refractivity contribution < 1.29 is 9.53 Å². The van der Waals surface area contributed by atoms with Crippen LogP contribution in [0.1, 0.15) is 54.3 Å². The molecule has 0 aliphatic carbocycles. The number of aryl methyl sites for hydroxylation is 1. The molecule has 2 atom stereocenters. The van der Waals surface area contributed by atoms with Crippen molar-refractivity contribution in [3.05, 3.63) is 28.8 Å². The topological polar surface area (TPSA) is 88.9 Å². The molecule has 2 aromatic heterocycles. The highest BCUT2D eigenvalue weighted by Gasteiger charge is 2.31. The summed E-state index contributed by atoms with van der Waals surface area (Å²) in [6.45, 7) is 6.93. The number of amides is 1. The average molecular weight is 318 g/mol. The van der Waals surface area contributed by atoms with Crippen molar-refractivity contribution in [2.75, 3.05) is 6.54 Å². The Morgan fingerprint density at radius 1 is 1.52 bits per heavy atom. The Labute approximate surface area is 134 Å². The first-order valence-corrected chi connectivity index (χ1v) is 7.86. The smallest absolute Gasteiger partial charge is 0.274 e. The van der Waals surface area contributed by atoms with Gasteiger partial charge in [-0.3, -0.25) is 14.6 Å². The molecule has 0 saturated carbocycles. The van der Waals surface area contributed by atoms with Crippen LogP contribution in [0.5, 0.6) is 0 Å². The van der Waals surface area contributed by atoms with Crippen LogP contribution in [0.25, 0.3) is 0 Å². The maximum absolute atomic E-state index is 12.9. The Morgan fingerprint density at radius 2 is 2.30 bits per heavy atom. The predicted octanol–water partition coefficient (Wildman–Crippen LogP) is 1.22. The van der Waals surface area contributed by atoms with Crippen molar-refractivity contribution in [3.8, 4) is 0 Å². The maximum atomic E-state index is 12.9. The Bertz CT molecular complexity index is 707. The number of aromatic amines is 1. The van der Waals surface area contributed by atoms with Crippen molar-refractivity contribution in [3.63, 3.8) is 0 Å². The van der Waals surface area contributed by atoms with Crippen LogP contribution in [-0.4, -0.2) is 48.6 Å². The van der Waals surface area contributed by atoms with Gasteiger partial charge in [0, 0.05) is 31.8 Å². The molecule has 1 aliphatic rings. The number of fused-ring (bicyclic) bond motifs is 1. The summed E-state index contributed by atoms with van der Waals surface area (Å²) in [5.41, 5.74) is 3.13. The second kappa shape index (κ2) is 6.11. The van der Waals surface area contributed by atoms with Crippen LogP contribution in [0.4, 0.5) is 0 Å². The van der Waals surface area contributed by atoms with E-state index in [0.29, 0.717) is 25.2 Å². The highest BCUT2D eigenvalue weighted by Crippen LogP contribution is 2.30. The number of carbonyl (C=O) groups excluding carboxylic acids is 1. The Balaban J connectivity index is 1.84. The van der Waals surface area contributed by atoms with E-state index in [0.717, 1.165) is 17.0 Å². The van der Waals surface area contributed by atoms with Crippen LogP contribution in [0, 0.1) is 0 Å². The quantitative estimate of drug-likeness (QED) is 0.915. The predicted molar refractivity (Wildman–Crippen MR) is 82.7 cm³/mol. The lowest BCUT2D eigenvalue weighted by molar-refractivity contribution is -0.00702. The largest absolute Gasteiger partial charge is 0.369 e. The molecule has 23 heavy (non-hydrogen) atoms. The van der Waals surface area contributed by atoms with Crippen LogP contribution in [-0.2, 0) is 24.8 Å². The van der Waals surface area contributed by atoms with Gasteiger partial charge in [0.15, 0.2) is 5.69 Å². The Morgan fingerprint density at radius 3 is 2.96 bits per heavy atom. The molecule has 8 heteroatoms. The highest BCUT2D eigenvalue weighted by atomic mass is 16.5. The fourth-order valence-electron chi connectivity index (χ4n) is 2.99. The summed E-state index contributed by atoms with van der Waals surface area (Å²) < 4.78 is 7.40. The van der Waals surface area contributed by atoms with Gasteiger partial charge in [-0.1, -0.05) is 5.21 Å². The molecule has 0 radical (unpaired) electrons. The number of rotatable bonds is 4. The van der Waals surface area contributed by atoms with Crippen LogP contribution >= 0.6 is 0 Å². The minimum absolute atomic E-state index is 0.0714. The van der Waals surface area contributed by atoms with Gasteiger partial charge in [0.25, 0.3) is 5.91 Å². The molecule has 1 N–H and O–H groups in total. The summed E-state index contributed by atoms with van der Waals surface area (Å²) >= 11 is 0. The summed E-state index contributed by atoms with van der Waals surface area (Å²) in [5.74, 6) is -0.0862. The summed E-state index contributed by atoms with van der Waals surface area (Å²) in [5, 5.41) is 15.2. The average Bonchev–Trinajstić information content (AvgIpc) is 3.10. The number of aromatic nitrogens is 5. The van der Waals surface area contributed by atoms with Crippen molar-refractivity contribution >= 4 is 5.91 Å². The van der Waals surface area contributed by atoms with Crippen molar-refractivity contribution in [1.82, 2.24) is 30.1 Å². The second-order valence-electron chi connectivity index (χ2n) is 5.96. The van der Waals surface area contributed by atoms with Crippen LogP contribution in [0.2, 0.25) is 0 Å². The third-order valence-electron chi connectivity index (χ3n) is 4.11. The number of hydrogen-bond donors (Lipinski definition) is 1. The third kappa shape index (κ3) is 2.98. The summed E-state index contributed by atoms with van der Waals surface area (Å²) in [7, 11) is 1.81. The molecular formula is C15H22N6O2. The van der Waals surface area contributed by atoms with Crippen molar-refractivity contribution in [1.29, 1.82) is 0 Å². The number of ether oxygens (including phenoxy) is 1. The number of nitrogens with zero attached hydrogens (tertiary/aromatic N) is 5. The standard InChI is InChI=1S/C15H22N6O2/c1-5-21(8-11-7-20(4)19-16-11)15(22)14-12-6-9(2)23-10(3)13(12)17-18-14/h7,9-10H,5-6,8H2,1-4H3,(H,17,18)/t9-,10+/m0/s1. The minimum atomic E-state index is -0.0862. The monoisotopic (exact) mass is 318 g/mol. The molecule has 3 rings (SSSR count). The Hall–Kier alpha value is -2.22. The molecule has 1 amide bonds.